The number of nitrogens with zero attached hydrogens (tertiary/aromatic N) is 3. The normalized spacial score (nSPS) is 11.8. The van der Waals surface area contributed by atoms with Crippen molar-refractivity contribution in [3.63, 3.8) is 0 Å². The fraction of sp³-hybridized carbons (Fsp3) is 0.333. The molecule has 0 saturated heterocycles. The quantitative estimate of drug-likeness (QED) is 0.930. The second-order valence-corrected chi connectivity index (χ2v) is 4.15. The van der Waals surface area contributed by atoms with Crippen molar-refractivity contribution in [1.29, 1.82) is 0 Å². The Kier molecular flexibility index (Phi) is 3.57. The van der Waals surface area contributed by atoms with Gasteiger partial charge in [0.25, 0.3) is 0 Å². The van der Waals surface area contributed by atoms with Gasteiger partial charge in [-0.2, -0.15) is 18.3 Å². The molecule has 0 bridgehead atoms. The molecule has 19 heavy (non-hydrogen) atoms. The number of hydrogen-bond acceptors (Lipinski definition) is 3. The van der Waals surface area contributed by atoms with Crippen LogP contribution in [0.3, 0.4) is 0 Å². The van der Waals surface area contributed by atoms with Gasteiger partial charge in [0.05, 0.1) is 6.20 Å². The van der Waals surface area contributed by atoms with Gasteiger partial charge in [0.15, 0.2) is 11.5 Å². The minimum absolute atomic E-state index is 0.0957. The zero-order valence-electron chi connectivity index (χ0n) is 10.5. The van der Waals surface area contributed by atoms with E-state index in [2.05, 4.69) is 15.4 Å². The maximum absolute atomic E-state index is 13.1. The largest absolute Gasteiger partial charge is 0.433 e. The van der Waals surface area contributed by atoms with Crippen molar-refractivity contribution in [3.8, 4) is 5.82 Å². The smallest absolute Gasteiger partial charge is 0.316 e. The maximum atomic E-state index is 13.1. The topological polar surface area (TPSA) is 42.7 Å². The summed E-state index contributed by atoms with van der Waals surface area (Å²) in [6.07, 6.45) is -1.80. The molecule has 0 aliphatic carbocycles. The van der Waals surface area contributed by atoms with Gasteiger partial charge in [-0.3, -0.25) is 0 Å². The molecule has 0 unspecified atom stereocenters. The lowest BCUT2D eigenvalue weighted by Crippen LogP contribution is -2.18. The molecular weight excluding hydrogens is 257 g/mol. The monoisotopic (exact) mass is 270 g/mol. The third kappa shape index (κ3) is 2.76. The van der Waals surface area contributed by atoms with Crippen LogP contribution in [-0.2, 0) is 12.7 Å². The molecule has 0 amide bonds. The molecule has 2 rings (SSSR count). The highest BCUT2D eigenvalue weighted by molar-refractivity contribution is 5.33. The number of nitrogens with one attached hydrogen (secondary N) is 1. The van der Waals surface area contributed by atoms with E-state index >= 15 is 0 Å². The third-order valence-corrected chi connectivity index (χ3v) is 2.60. The minimum atomic E-state index is -4.48. The summed E-state index contributed by atoms with van der Waals surface area (Å²) in [5.41, 5.74) is 0.127. The van der Waals surface area contributed by atoms with Crippen molar-refractivity contribution in [2.75, 3.05) is 7.05 Å². The Balaban J connectivity index is 2.58. The molecule has 0 aliphatic heterocycles. The van der Waals surface area contributed by atoms with Crippen molar-refractivity contribution in [1.82, 2.24) is 20.1 Å². The molecule has 102 valence electrons. The van der Waals surface area contributed by atoms with Gasteiger partial charge in [0.2, 0.25) is 0 Å². The molecule has 0 spiro atoms. The molecule has 7 heteroatoms. The maximum Gasteiger partial charge on any atom is 0.433 e. The number of halogens is 3. The molecular formula is C12H13F3N4. The number of aryl methyl sites for hydroxylation is 1. The molecule has 2 aromatic heterocycles. The Labute approximate surface area is 108 Å². The van der Waals surface area contributed by atoms with Crippen LogP contribution in [0.4, 0.5) is 13.2 Å². The van der Waals surface area contributed by atoms with Crippen molar-refractivity contribution < 1.29 is 13.2 Å². The van der Waals surface area contributed by atoms with Crippen LogP contribution in [0.15, 0.2) is 24.5 Å². The van der Waals surface area contributed by atoms with Crippen LogP contribution in [0.1, 0.15) is 16.8 Å². The van der Waals surface area contributed by atoms with E-state index in [9.17, 15) is 13.2 Å². The Morgan fingerprint density at radius 2 is 2.11 bits per heavy atom. The highest BCUT2D eigenvalue weighted by Gasteiger charge is 2.38. The zero-order chi connectivity index (χ0) is 14.0. The second-order valence-electron chi connectivity index (χ2n) is 4.15. The summed E-state index contributed by atoms with van der Waals surface area (Å²) in [6.45, 7) is 1.89. The van der Waals surface area contributed by atoms with Crippen molar-refractivity contribution in [2.45, 2.75) is 19.6 Å². The lowest BCUT2D eigenvalue weighted by atomic mass is 10.2. The predicted octanol–water partition coefficient (Wildman–Crippen LogP) is 2.31. The van der Waals surface area contributed by atoms with E-state index in [4.69, 9.17) is 0 Å². The molecule has 0 radical (unpaired) electrons. The average molecular weight is 270 g/mol. The summed E-state index contributed by atoms with van der Waals surface area (Å²) in [5.74, 6) is 0.162. The Morgan fingerprint density at radius 1 is 1.37 bits per heavy atom. The lowest BCUT2D eigenvalue weighted by Gasteiger charge is -2.12. The first-order chi connectivity index (χ1) is 8.93. The molecule has 0 atom stereocenters. The summed E-state index contributed by atoms with van der Waals surface area (Å²) in [5, 5.41) is 6.51. The SMILES string of the molecule is CNCc1cnn(-c2cc(C)ccn2)c1C(F)(F)F. The molecule has 2 aromatic rings. The van der Waals surface area contributed by atoms with Crippen LogP contribution in [0, 0.1) is 6.92 Å². The van der Waals surface area contributed by atoms with Gasteiger partial charge >= 0.3 is 6.18 Å². The standard InChI is InChI=1S/C12H13F3N4/c1-8-3-4-17-10(5-8)19-11(12(13,14)15)9(6-16-2)7-18-19/h3-5,7,16H,6H2,1-2H3. The number of pyridine rings is 1. The van der Waals surface area contributed by atoms with Crippen LogP contribution in [-0.4, -0.2) is 21.8 Å². The highest BCUT2D eigenvalue weighted by atomic mass is 19.4. The van der Waals surface area contributed by atoms with Gasteiger partial charge in [-0.15, -0.1) is 0 Å². The summed E-state index contributed by atoms with van der Waals surface area (Å²) < 4.78 is 40.2. The van der Waals surface area contributed by atoms with E-state index < -0.39 is 11.9 Å². The predicted molar refractivity (Wildman–Crippen MR) is 63.9 cm³/mol. The lowest BCUT2D eigenvalue weighted by molar-refractivity contribution is -0.143. The number of aromatic nitrogens is 3. The Morgan fingerprint density at radius 3 is 2.68 bits per heavy atom. The van der Waals surface area contributed by atoms with Crippen LogP contribution < -0.4 is 5.32 Å². The van der Waals surface area contributed by atoms with E-state index in [-0.39, 0.29) is 17.9 Å². The van der Waals surface area contributed by atoms with Gasteiger partial charge < -0.3 is 5.32 Å². The van der Waals surface area contributed by atoms with Crippen LogP contribution in [0.25, 0.3) is 5.82 Å². The van der Waals surface area contributed by atoms with Gasteiger partial charge in [-0.05, 0) is 31.7 Å². The van der Waals surface area contributed by atoms with E-state index in [0.717, 1.165) is 10.2 Å². The summed E-state index contributed by atoms with van der Waals surface area (Å²) in [7, 11) is 1.59. The van der Waals surface area contributed by atoms with Crippen molar-refractivity contribution in [2.24, 2.45) is 0 Å². The zero-order valence-corrected chi connectivity index (χ0v) is 10.5. The van der Waals surface area contributed by atoms with Gasteiger partial charge in [0, 0.05) is 18.3 Å². The fourth-order valence-corrected chi connectivity index (χ4v) is 1.81. The molecule has 0 saturated carbocycles. The van der Waals surface area contributed by atoms with Crippen LogP contribution in [0.2, 0.25) is 0 Å². The van der Waals surface area contributed by atoms with Gasteiger partial charge in [-0.1, -0.05) is 0 Å². The summed E-state index contributed by atoms with van der Waals surface area (Å²) in [6, 6.07) is 3.28. The third-order valence-electron chi connectivity index (χ3n) is 2.60. The van der Waals surface area contributed by atoms with Crippen molar-refractivity contribution in [3.05, 3.63) is 41.3 Å². The average Bonchev–Trinajstić information content (AvgIpc) is 2.73. The van der Waals surface area contributed by atoms with E-state index in [0.29, 0.717) is 0 Å². The van der Waals surface area contributed by atoms with E-state index in [1.165, 1.54) is 12.4 Å². The Hall–Kier alpha value is -1.89. The first-order valence-corrected chi connectivity index (χ1v) is 5.65. The number of alkyl halides is 3. The van der Waals surface area contributed by atoms with Crippen LogP contribution >= 0.6 is 0 Å². The van der Waals surface area contributed by atoms with E-state index in [1.807, 2.05) is 0 Å². The molecule has 0 fully saturated rings. The first kappa shape index (κ1) is 13.5. The summed E-state index contributed by atoms with van der Waals surface area (Å²) >= 11 is 0. The number of rotatable bonds is 3. The molecule has 4 nitrogen and oxygen atoms in total. The van der Waals surface area contributed by atoms with Crippen molar-refractivity contribution >= 4 is 0 Å². The highest BCUT2D eigenvalue weighted by Crippen LogP contribution is 2.33. The fourth-order valence-electron chi connectivity index (χ4n) is 1.81. The minimum Gasteiger partial charge on any atom is -0.316 e. The second kappa shape index (κ2) is 5.00. The van der Waals surface area contributed by atoms with Gasteiger partial charge in [0.1, 0.15) is 0 Å². The molecule has 2 heterocycles. The van der Waals surface area contributed by atoms with Crippen LogP contribution in [0.5, 0.6) is 0 Å². The number of hydrogen-bond donors (Lipinski definition) is 1. The molecule has 1 N–H and O–H groups in total. The Bertz CT molecular complexity index is 575. The summed E-state index contributed by atoms with van der Waals surface area (Å²) in [4.78, 5) is 3.94. The molecule has 0 aliphatic rings. The van der Waals surface area contributed by atoms with Gasteiger partial charge in [-0.25, -0.2) is 9.67 Å². The molecule has 0 aromatic carbocycles. The van der Waals surface area contributed by atoms with E-state index in [1.54, 1.807) is 26.1 Å². The first-order valence-electron chi connectivity index (χ1n) is 5.65.